The molecule has 0 bridgehead atoms. The van der Waals surface area contributed by atoms with Crippen LogP contribution in [0.2, 0.25) is 0 Å². The number of fused-ring (bicyclic) bond motifs is 3. The third kappa shape index (κ3) is 3.58. The third-order valence-corrected chi connectivity index (χ3v) is 7.99. The van der Waals surface area contributed by atoms with Gasteiger partial charge in [0.25, 0.3) is 0 Å². The van der Waals surface area contributed by atoms with E-state index in [1.54, 1.807) is 0 Å². The first-order valence-electron chi connectivity index (χ1n) is 13.3. The van der Waals surface area contributed by atoms with Crippen LogP contribution in [0.1, 0.15) is 35.8 Å². The fourth-order valence-corrected chi connectivity index (χ4v) is 6.32. The van der Waals surface area contributed by atoms with Crippen molar-refractivity contribution in [3.63, 3.8) is 0 Å². The minimum Gasteiger partial charge on any atom is -0.456 e. The molecule has 1 saturated heterocycles. The van der Waals surface area contributed by atoms with Crippen LogP contribution >= 0.6 is 0 Å². The zero-order chi connectivity index (χ0) is 25.6. The molecule has 2 unspecified atom stereocenters. The first-order chi connectivity index (χ1) is 18.7. The Balaban J connectivity index is 1.49. The van der Waals surface area contributed by atoms with Crippen molar-refractivity contribution in [3.05, 3.63) is 144 Å². The van der Waals surface area contributed by atoms with Crippen LogP contribution in [0.4, 0.5) is 11.4 Å². The summed E-state index contributed by atoms with van der Waals surface area (Å²) in [5, 5.41) is 2.32. The summed E-state index contributed by atoms with van der Waals surface area (Å²) in [6, 6.07) is 46.0. The molecule has 3 heteroatoms. The smallest absolute Gasteiger partial charge is 0.135 e. The van der Waals surface area contributed by atoms with Crippen molar-refractivity contribution >= 4 is 33.3 Å². The van der Waals surface area contributed by atoms with E-state index in [0.29, 0.717) is 0 Å². The summed E-state index contributed by atoms with van der Waals surface area (Å²) in [4.78, 5) is 5.23. The van der Waals surface area contributed by atoms with Crippen LogP contribution in [0.25, 0.3) is 21.9 Å². The van der Waals surface area contributed by atoms with Crippen molar-refractivity contribution in [2.24, 2.45) is 0 Å². The summed E-state index contributed by atoms with van der Waals surface area (Å²) >= 11 is 0. The van der Waals surface area contributed by atoms with E-state index in [0.717, 1.165) is 21.9 Å². The third-order valence-electron chi connectivity index (χ3n) is 7.99. The van der Waals surface area contributed by atoms with Gasteiger partial charge in [0.2, 0.25) is 0 Å². The summed E-state index contributed by atoms with van der Waals surface area (Å²) in [7, 11) is 0. The lowest BCUT2D eigenvalue weighted by Crippen LogP contribution is -2.33. The number of furan rings is 1. The minimum atomic E-state index is 0.0214. The van der Waals surface area contributed by atoms with Crippen LogP contribution in [0, 0.1) is 6.92 Å². The first kappa shape index (κ1) is 22.7. The van der Waals surface area contributed by atoms with Gasteiger partial charge in [-0.05, 0) is 60.9 Å². The Morgan fingerprint density at radius 3 is 1.89 bits per heavy atom. The highest BCUT2D eigenvalue weighted by Crippen LogP contribution is 2.51. The van der Waals surface area contributed by atoms with E-state index < -0.39 is 0 Å². The van der Waals surface area contributed by atoms with Gasteiger partial charge in [0.1, 0.15) is 17.3 Å². The Labute approximate surface area is 223 Å². The SMILES string of the molecule is Cc1cc2oc3ccccc3c2cc1N1C(c2ccccc2)N(c2ccccc2)C(c2ccccc2)[C@@H]1C. The van der Waals surface area contributed by atoms with Crippen LogP contribution in [-0.2, 0) is 0 Å². The van der Waals surface area contributed by atoms with Gasteiger partial charge in [0.15, 0.2) is 0 Å². The number of rotatable bonds is 4. The summed E-state index contributed by atoms with van der Waals surface area (Å²) < 4.78 is 6.24. The first-order valence-corrected chi connectivity index (χ1v) is 13.3. The largest absolute Gasteiger partial charge is 0.456 e. The molecule has 0 N–H and O–H groups in total. The summed E-state index contributed by atoms with van der Waals surface area (Å²) in [6.45, 7) is 4.58. The van der Waals surface area contributed by atoms with Crippen LogP contribution in [-0.4, -0.2) is 6.04 Å². The Kier molecular flexibility index (Phi) is 5.44. The lowest BCUT2D eigenvalue weighted by Gasteiger charge is -2.35. The number of anilines is 2. The van der Waals surface area contributed by atoms with Gasteiger partial charge >= 0.3 is 0 Å². The Morgan fingerprint density at radius 2 is 1.18 bits per heavy atom. The molecule has 2 heterocycles. The van der Waals surface area contributed by atoms with Gasteiger partial charge in [0.05, 0.1) is 12.1 Å². The molecule has 7 rings (SSSR count). The maximum Gasteiger partial charge on any atom is 0.135 e. The quantitative estimate of drug-likeness (QED) is 0.244. The van der Waals surface area contributed by atoms with Crippen molar-refractivity contribution in [2.45, 2.75) is 32.1 Å². The van der Waals surface area contributed by atoms with Crippen molar-refractivity contribution in [1.82, 2.24) is 0 Å². The van der Waals surface area contributed by atoms with E-state index in [1.165, 1.54) is 28.1 Å². The number of benzene rings is 5. The highest BCUT2D eigenvalue weighted by Gasteiger charge is 2.47. The van der Waals surface area contributed by atoms with Crippen molar-refractivity contribution in [1.29, 1.82) is 0 Å². The van der Waals surface area contributed by atoms with E-state index in [2.05, 4.69) is 145 Å². The van der Waals surface area contributed by atoms with E-state index in [4.69, 9.17) is 4.42 Å². The van der Waals surface area contributed by atoms with E-state index in [9.17, 15) is 0 Å². The van der Waals surface area contributed by atoms with Gasteiger partial charge in [-0.2, -0.15) is 0 Å². The summed E-state index contributed by atoms with van der Waals surface area (Å²) in [5.41, 5.74) is 8.14. The van der Waals surface area contributed by atoms with Crippen molar-refractivity contribution < 1.29 is 4.42 Å². The van der Waals surface area contributed by atoms with Crippen molar-refractivity contribution in [2.75, 3.05) is 9.80 Å². The molecule has 186 valence electrons. The molecule has 0 amide bonds. The van der Waals surface area contributed by atoms with Crippen LogP contribution in [0.5, 0.6) is 0 Å². The monoisotopic (exact) mass is 494 g/mol. The molecule has 3 atom stereocenters. The number of aryl methyl sites for hydroxylation is 1. The van der Waals surface area contributed by atoms with E-state index >= 15 is 0 Å². The fraction of sp³-hybridized carbons (Fsp3) is 0.143. The average Bonchev–Trinajstić information content (AvgIpc) is 3.48. The predicted molar refractivity (Wildman–Crippen MR) is 158 cm³/mol. The highest BCUT2D eigenvalue weighted by atomic mass is 16.3. The maximum absolute atomic E-state index is 6.24. The molecular weight excluding hydrogens is 464 g/mol. The number of nitrogens with zero attached hydrogens (tertiary/aromatic N) is 2. The molecule has 5 aromatic carbocycles. The maximum atomic E-state index is 6.24. The zero-order valence-corrected chi connectivity index (χ0v) is 21.7. The molecule has 1 aliphatic heterocycles. The second-order valence-corrected chi connectivity index (χ2v) is 10.3. The molecule has 0 radical (unpaired) electrons. The second kappa shape index (κ2) is 9.11. The van der Waals surface area contributed by atoms with Crippen LogP contribution < -0.4 is 9.80 Å². The van der Waals surface area contributed by atoms with Gasteiger partial charge < -0.3 is 14.2 Å². The van der Waals surface area contributed by atoms with Gasteiger partial charge in [-0.25, -0.2) is 0 Å². The zero-order valence-electron chi connectivity index (χ0n) is 21.7. The molecule has 0 aliphatic carbocycles. The Hall–Kier alpha value is -4.50. The van der Waals surface area contributed by atoms with Gasteiger partial charge in [-0.15, -0.1) is 0 Å². The van der Waals surface area contributed by atoms with E-state index in [-0.39, 0.29) is 18.2 Å². The average molecular weight is 495 g/mol. The van der Waals surface area contributed by atoms with Gasteiger partial charge in [0, 0.05) is 22.1 Å². The van der Waals surface area contributed by atoms with Gasteiger partial charge in [-0.3, -0.25) is 0 Å². The van der Waals surface area contributed by atoms with E-state index in [1.807, 2.05) is 6.07 Å². The lowest BCUT2D eigenvalue weighted by atomic mass is 9.99. The molecule has 1 aliphatic rings. The predicted octanol–water partition coefficient (Wildman–Crippen LogP) is 9.05. The second-order valence-electron chi connectivity index (χ2n) is 10.3. The molecule has 1 aromatic heterocycles. The summed E-state index contributed by atoms with van der Waals surface area (Å²) in [5.74, 6) is 0. The molecule has 1 fully saturated rings. The number of hydrogen-bond acceptors (Lipinski definition) is 3. The normalized spacial score (nSPS) is 19.5. The molecule has 3 nitrogen and oxygen atoms in total. The topological polar surface area (TPSA) is 19.6 Å². The molecule has 6 aromatic rings. The molecular formula is C35H30N2O. The highest BCUT2D eigenvalue weighted by molar-refractivity contribution is 6.06. The van der Waals surface area contributed by atoms with Gasteiger partial charge in [-0.1, -0.05) is 97.1 Å². The van der Waals surface area contributed by atoms with Crippen molar-refractivity contribution in [3.8, 4) is 0 Å². The molecule has 0 saturated carbocycles. The Morgan fingerprint density at radius 1 is 0.579 bits per heavy atom. The Bertz CT molecular complexity index is 1710. The number of para-hydroxylation sites is 2. The number of hydrogen-bond donors (Lipinski definition) is 0. The standard InChI is InChI=1S/C35H30N2O/c1-24-22-33-30(29-20-12-13-21-32(29)38-33)23-31(24)36-25(2)34(26-14-6-3-7-15-26)37(28-18-10-5-11-19-28)35(36)27-16-8-4-9-17-27/h3-23,25,34-35H,1-2H3/t25-,34?,35?/m0/s1. The summed E-state index contributed by atoms with van der Waals surface area (Å²) in [6.07, 6.45) is 0.0214. The lowest BCUT2D eigenvalue weighted by molar-refractivity contribution is 0.631. The van der Waals surface area contributed by atoms with Crippen LogP contribution in [0.3, 0.4) is 0 Å². The fourth-order valence-electron chi connectivity index (χ4n) is 6.32. The molecule has 0 spiro atoms. The molecule has 38 heavy (non-hydrogen) atoms. The van der Waals surface area contributed by atoms with Crippen LogP contribution in [0.15, 0.2) is 132 Å². The minimum absolute atomic E-state index is 0.0214.